The number of nitrogens with one attached hydrogen (secondary N) is 2. The fraction of sp³-hybridized carbons (Fsp3) is 0.619. The topological polar surface area (TPSA) is 112 Å². The molecule has 7 nitrogen and oxygen atoms in total. The molecule has 0 bridgehead atoms. The third-order valence-corrected chi connectivity index (χ3v) is 5.92. The molecule has 1 amide bonds. The van der Waals surface area contributed by atoms with Gasteiger partial charge in [0.15, 0.2) is 6.61 Å². The number of nitriles is 1. The lowest BCUT2D eigenvalue weighted by Crippen LogP contribution is -2.45. The Morgan fingerprint density at radius 1 is 1.29 bits per heavy atom. The van der Waals surface area contributed by atoms with Crippen molar-refractivity contribution in [2.24, 2.45) is 11.8 Å². The summed E-state index contributed by atoms with van der Waals surface area (Å²) in [5.74, 6) is 0.226. The van der Waals surface area contributed by atoms with Crippen molar-refractivity contribution in [3.63, 3.8) is 0 Å². The van der Waals surface area contributed by atoms with Crippen LogP contribution in [-0.2, 0) is 20.7 Å². The lowest BCUT2D eigenvalue weighted by molar-refractivity contribution is -0.148. The fourth-order valence-electron chi connectivity index (χ4n) is 3.90. The molecule has 7 heteroatoms. The van der Waals surface area contributed by atoms with E-state index in [9.17, 15) is 14.4 Å². The molecule has 28 heavy (non-hydrogen) atoms. The molecule has 2 rings (SSSR count). The van der Waals surface area contributed by atoms with Crippen molar-refractivity contribution in [3.8, 4) is 6.07 Å². The molecule has 0 spiro atoms. The van der Waals surface area contributed by atoms with Crippen molar-refractivity contribution in [2.75, 3.05) is 6.61 Å². The zero-order chi connectivity index (χ0) is 20.8. The maximum absolute atomic E-state index is 12.1. The number of amides is 1. The van der Waals surface area contributed by atoms with E-state index in [0.717, 1.165) is 18.4 Å². The molecule has 1 aliphatic rings. The van der Waals surface area contributed by atoms with E-state index in [1.54, 1.807) is 13.8 Å². The number of rotatable bonds is 6. The summed E-state index contributed by atoms with van der Waals surface area (Å²) in [7, 11) is 0. The summed E-state index contributed by atoms with van der Waals surface area (Å²) < 4.78 is 5.10. The monoisotopic (exact) mass is 387 g/mol. The fourth-order valence-corrected chi connectivity index (χ4v) is 3.90. The molecule has 2 N–H and O–H groups in total. The van der Waals surface area contributed by atoms with Gasteiger partial charge in [0.25, 0.3) is 11.5 Å². The van der Waals surface area contributed by atoms with Gasteiger partial charge in [0, 0.05) is 18.2 Å². The predicted octanol–water partition coefficient (Wildman–Crippen LogP) is 2.28. The number of pyridine rings is 1. The number of hydrogen-bond acceptors (Lipinski definition) is 5. The van der Waals surface area contributed by atoms with Gasteiger partial charge in [0.1, 0.15) is 11.6 Å². The minimum absolute atomic E-state index is 0.0594. The minimum atomic E-state index is -0.483. The molecule has 1 fully saturated rings. The van der Waals surface area contributed by atoms with Crippen molar-refractivity contribution in [1.29, 1.82) is 5.26 Å². The highest BCUT2D eigenvalue weighted by molar-refractivity contribution is 5.80. The van der Waals surface area contributed by atoms with Gasteiger partial charge in [-0.1, -0.05) is 26.7 Å². The van der Waals surface area contributed by atoms with Crippen molar-refractivity contribution in [2.45, 2.75) is 65.8 Å². The molecule has 0 radical (unpaired) electrons. The van der Waals surface area contributed by atoms with Crippen LogP contribution in [0.25, 0.3) is 0 Å². The van der Waals surface area contributed by atoms with Gasteiger partial charge in [-0.3, -0.25) is 14.4 Å². The molecule has 0 saturated heterocycles. The normalized spacial score (nSPS) is 21.6. The molecule has 0 aromatic carbocycles. The van der Waals surface area contributed by atoms with Crippen LogP contribution in [0.5, 0.6) is 0 Å². The standard InChI is InChI=1S/C21H29N3O4/c1-12-6-5-7-18(13(12)2)24-19(25)11-28-20(26)9-8-16-14(3)17(10-22)21(27)23-15(16)4/h12-13,18H,5-9,11H2,1-4H3,(H,23,27)(H,24,25)/t12-,13+,18-/m1/s1. The van der Waals surface area contributed by atoms with E-state index in [2.05, 4.69) is 24.1 Å². The summed E-state index contributed by atoms with van der Waals surface area (Å²) in [5, 5.41) is 12.1. The summed E-state index contributed by atoms with van der Waals surface area (Å²) in [5.41, 5.74) is 1.60. The zero-order valence-electron chi connectivity index (χ0n) is 17.1. The Bertz CT molecular complexity index is 837. The molecular formula is C21H29N3O4. The Morgan fingerprint density at radius 2 is 2.00 bits per heavy atom. The summed E-state index contributed by atoms with van der Waals surface area (Å²) in [6, 6.07) is 2.02. The van der Waals surface area contributed by atoms with Crippen molar-refractivity contribution < 1.29 is 14.3 Å². The number of carbonyl (C=O) groups is 2. The Morgan fingerprint density at radius 3 is 2.68 bits per heavy atom. The highest BCUT2D eigenvalue weighted by Gasteiger charge is 2.28. The van der Waals surface area contributed by atoms with E-state index in [4.69, 9.17) is 10.00 Å². The van der Waals surface area contributed by atoms with Crippen molar-refractivity contribution in [1.82, 2.24) is 10.3 Å². The largest absolute Gasteiger partial charge is 0.456 e. The van der Waals surface area contributed by atoms with E-state index in [0.29, 0.717) is 29.5 Å². The maximum atomic E-state index is 12.1. The highest BCUT2D eigenvalue weighted by Crippen LogP contribution is 2.29. The third kappa shape index (κ3) is 5.22. The first kappa shape index (κ1) is 21.7. The Kier molecular flexibility index (Phi) is 7.38. The first-order valence-electron chi connectivity index (χ1n) is 9.82. The van der Waals surface area contributed by atoms with Crippen LogP contribution in [0.2, 0.25) is 0 Å². The van der Waals surface area contributed by atoms with Crippen molar-refractivity contribution in [3.05, 3.63) is 32.7 Å². The van der Waals surface area contributed by atoms with E-state index >= 15 is 0 Å². The average molecular weight is 387 g/mol. The number of nitrogens with zero attached hydrogens (tertiary/aromatic N) is 1. The van der Waals surface area contributed by atoms with Gasteiger partial charge in [-0.05, 0) is 49.7 Å². The summed E-state index contributed by atoms with van der Waals surface area (Å²) >= 11 is 0. The van der Waals surface area contributed by atoms with Crippen LogP contribution in [0.15, 0.2) is 4.79 Å². The number of aryl methyl sites for hydroxylation is 1. The number of hydrogen-bond donors (Lipinski definition) is 2. The summed E-state index contributed by atoms with van der Waals surface area (Å²) in [6.45, 7) is 7.48. The van der Waals surface area contributed by atoms with Gasteiger partial charge < -0.3 is 15.0 Å². The third-order valence-electron chi connectivity index (χ3n) is 5.92. The summed E-state index contributed by atoms with van der Waals surface area (Å²) in [4.78, 5) is 38.5. The summed E-state index contributed by atoms with van der Waals surface area (Å²) in [6.07, 6.45) is 3.64. The molecule has 1 heterocycles. The Balaban J connectivity index is 1.84. The van der Waals surface area contributed by atoms with Gasteiger partial charge in [0.2, 0.25) is 0 Å². The SMILES string of the molecule is Cc1[nH]c(=O)c(C#N)c(C)c1CCC(=O)OCC(=O)N[C@@H]1CCC[C@@H](C)[C@@H]1C. The van der Waals surface area contributed by atoms with Crippen LogP contribution in [0.3, 0.4) is 0 Å². The molecule has 0 aliphatic heterocycles. The first-order chi connectivity index (χ1) is 13.2. The molecule has 3 atom stereocenters. The van der Waals surface area contributed by atoms with Crippen LogP contribution in [0, 0.1) is 37.0 Å². The van der Waals surface area contributed by atoms with Crippen LogP contribution in [0.1, 0.15) is 61.9 Å². The van der Waals surface area contributed by atoms with Crippen molar-refractivity contribution >= 4 is 11.9 Å². The molecule has 1 aromatic heterocycles. The van der Waals surface area contributed by atoms with Gasteiger partial charge >= 0.3 is 5.97 Å². The average Bonchev–Trinajstić information content (AvgIpc) is 2.63. The van der Waals surface area contributed by atoms with Gasteiger partial charge in [-0.2, -0.15) is 5.26 Å². The second-order valence-corrected chi connectivity index (χ2v) is 7.77. The molecule has 0 unspecified atom stereocenters. The first-order valence-corrected chi connectivity index (χ1v) is 9.82. The number of carbonyl (C=O) groups excluding carboxylic acids is 2. The Hall–Kier alpha value is -2.62. The highest BCUT2D eigenvalue weighted by atomic mass is 16.5. The van der Waals surface area contributed by atoms with E-state index in [1.807, 2.05) is 6.07 Å². The number of aromatic nitrogens is 1. The smallest absolute Gasteiger partial charge is 0.306 e. The second kappa shape index (κ2) is 9.54. The van der Waals surface area contributed by atoms with E-state index in [1.165, 1.54) is 6.42 Å². The Labute approximate surface area is 165 Å². The molecular weight excluding hydrogens is 358 g/mol. The van der Waals surface area contributed by atoms with Gasteiger partial charge in [0.05, 0.1) is 0 Å². The number of H-pyrrole nitrogens is 1. The van der Waals surface area contributed by atoms with Gasteiger partial charge in [-0.25, -0.2) is 0 Å². The number of ether oxygens (including phenoxy) is 1. The predicted molar refractivity (Wildman–Crippen MR) is 105 cm³/mol. The molecule has 1 saturated carbocycles. The molecule has 152 valence electrons. The van der Waals surface area contributed by atoms with Crippen LogP contribution < -0.4 is 10.9 Å². The molecule has 1 aromatic rings. The van der Waals surface area contributed by atoms with Crippen LogP contribution in [0.4, 0.5) is 0 Å². The quantitative estimate of drug-likeness (QED) is 0.727. The maximum Gasteiger partial charge on any atom is 0.306 e. The van der Waals surface area contributed by atoms with Crippen LogP contribution >= 0.6 is 0 Å². The number of esters is 1. The van der Waals surface area contributed by atoms with Crippen LogP contribution in [-0.4, -0.2) is 29.5 Å². The minimum Gasteiger partial charge on any atom is -0.456 e. The zero-order valence-corrected chi connectivity index (χ0v) is 17.1. The second-order valence-electron chi connectivity index (χ2n) is 7.77. The molecule has 1 aliphatic carbocycles. The lowest BCUT2D eigenvalue weighted by Gasteiger charge is -2.34. The lowest BCUT2D eigenvalue weighted by atomic mass is 9.78. The van der Waals surface area contributed by atoms with E-state index in [-0.39, 0.29) is 30.5 Å². The van der Waals surface area contributed by atoms with E-state index < -0.39 is 11.5 Å². The van der Waals surface area contributed by atoms with Gasteiger partial charge in [-0.15, -0.1) is 0 Å². The number of aromatic amines is 1.